The molecule has 6 nitrogen and oxygen atoms in total. The Kier molecular flexibility index (Phi) is 7.07. The Labute approximate surface area is 170 Å². The molecule has 1 heterocycles. The van der Waals surface area contributed by atoms with Gasteiger partial charge in [-0.3, -0.25) is 4.79 Å². The van der Waals surface area contributed by atoms with E-state index in [9.17, 15) is 13.2 Å². The van der Waals surface area contributed by atoms with Crippen molar-refractivity contribution >= 4 is 27.5 Å². The maximum atomic E-state index is 12.7. The SMILES string of the molecule is O=C(NCCOCc1ccccc1)c1cc(S(=O)(=O)N2CCCC2)ccc1Cl. The van der Waals surface area contributed by atoms with Crippen LogP contribution in [0.5, 0.6) is 0 Å². The maximum absolute atomic E-state index is 12.7. The lowest BCUT2D eigenvalue weighted by Gasteiger charge is -2.16. The Morgan fingerprint density at radius 2 is 1.82 bits per heavy atom. The van der Waals surface area contributed by atoms with E-state index in [0.29, 0.717) is 32.8 Å². The average Bonchev–Trinajstić information content (AvgIpc) is 3.24. The zero-order valence-electron chi connectivity index (χ0n) is 15.4. The molecular formula is C20H23ClN2O4S. The number of amides is 1. The third kappa shape index (κ3) is 5.11. The van der Waals surface area contributed by atoms with Gasteiger partial charge in [0.1, 0.15) is 0 Å². The molecule has 0 radical (unpaired) electrons. The van der Waals surface area contributed by atoms with Crippen LogP contribution >= 0.6 is 11.6 Å². The molecule has 1 amide bonds. The minimum Gasteiger partial charge on any atom is -0.375 e. The van der Waals surface area contributed by atoms with Crippen molar-refractivity contribution in [3.8, 4) is 0 Å². The first-order valence-electron chi connectivity index (χ1n) is 9.18. The molecule has 1 fully saturated rings. The van der Waals surface area contributed by atoms with Crippen LogP contribution in [0.15, 0.2) is 53.4 Å². The summed E-state index contributed by atoms with van der Waals surface area (Å²) >= 11 is 6.12. The number of sulfonamides is 1. The highest BCUT2D eigenvalue weighted by atomic mass is 35.5. The molecule has 0 spiro atoms. The van der Waals surface area contributed by atoms with Gasteiger partial charge in [0.25, 0.3) is 5.91 Å². The van der Waals surface area contributed by atoms with E-state index in [2.05, 4.69) is 5.32 Å². The quantitative estimate of drug-likeness (QED) is 0.663. The van der Waals surface area contributed by atoms with Crippen LogP contribution in [-0.4, -0.2) is 44.9 Å². The van der Waals surface area contributed by atoms with Gasteiger partial charge in [0, 0.05) is 19.6 Å². The van der Waals surface area contributed by atoms with Gasteiger partial charge in [0.2, 0.25) is 10.0 Å². The van der Waals surface area contributed by atoms with Crippen LogP contribution in [0.3, 0.4) is 0 Å². The fraction of sp³-hybridized carbons (Fsp3) is 0.350. The lowest BCUT2D eigenvalue weighted by Crippen LogP contribution is -2.29. The van der Waals surface area contributed by atoms with Crippen molar-refractivity contribution in [1.82, 2.24) is 9.62 Å². The number of carbonyl (C=O) groups excluding carboxylic acids is 1. The number of ether oxygens (including phenoxy) is 1. The number of nitrogens with zero attached hydrogens (tertiary/aromatic N) is 1. The van der Waals surface area contributed by atoms with Crippen LogP contribution in [0.25, 0.3) is 0 Å². The van der Waals surface area contributed by atoms with Gasteiger partial charge in [0.15, 0.2) is 0 Å². The van der Waals surface area contributed by atoms with Crippen molar-refractivity contribution in [1.29, 1.82) is 0 Å². The van der Waals surface area contributed by atoms with Gasteiger partial charge in [0.05, 0.1) is 28.7 Å². The summed E-state index contributed by atoms with van der Waals surface area (Å²) in [7, 11) is -3.60. The van der Waals surface area contributed by atoms with Gasteiger partial charge in [-0.05, 0) is 36.6 Å². The van der Waals surface area contributed by atoms with E-state index in [4.69, 9.17) is 16.3 Å². The van der Waals surface area contributed by atoms with Gasteiger partial charge >= 0.3 is 0 Å². The first-order chi connectivity index (χ1) is 13.5. The smallest absolute Gasteiger partial charge is 0.252 e. The van der Waals surface area contributed by atoms with Gasteiger partial charge in [-0.25, -0.2) is 8.42 Å². The molecular weight excluding hydrogens is 400 g/mol. The van der Waals surface area contributed by atoms with E-state index >= 15 is 0 Å². The standard InChI is InChI=1S/C20H23ClN2O4S/c21-19-9-8-17(28(25,26)23-11-4-5-12-23)14-18(19)20(24)22-10-13-27-15-16-6-2-1-3-7-16/h1-3,6-9,14H,4-5,10-13,15H2,(H,22,24). The van der Waals surface area contributed by atoms with Gasteiger partial charge in [-0.15, -0.1) is 0 Å². The molecule has 2 aromatic carbocycles. The Morgan fingerprint density at radius 1 is 1.11 bits per heavy atom. The third-order valence-electron chi connectivity index (χ3n) is 4.53. The number of nitrogens with one attached hydrogen (secondary N) is 1. The number of hydrogen-bond donors (Lipinski definition) is 1. The van der Waals surface area contributed by atoms with E-state index in [1.54, 1.807) is 0 Å². The Hall–Kier alpha value is -1.93. The van der Waals surface area contributed by atoms with Gasteiger partial charge in [-0.1, -0.05) is 41.9 Å². The van der Waals surface area contributed by atoms with Crippen molar-refractivity contribution < 1.29 is 17.9 Å². The molecule has 0 unspecified atom stereocenters. The van der Waals surface area contributed by atoms with Crippen LogP contribution in [0.2, 0.25) is 5.02 Å². The van der Waals surface area contributed by atoms with E-state index in [0.717, 1.165) is 18.4 Å². The summed E-state index contributed by atoms with van der Waals surface area (Å²) in [5, 5.41) is 2.93. The van der Waals surface area contributed by atoms with Crippen LogP contribution in [0.1, 0.15) is 28.8 Å². The highest BCUT2D eigenvalue weighted by Gasteiger charge is 2.28. The largest absolute Gasteiger partial charge is 0.375 e. The minimum atomic E-state index is -3.60. The number of carbonyl (C=O) groups is 1. The fourth-order valence-electron chi connectivity index (χ4n) is 3.01. The molecule has 0 atom stereocenters. The van der Waals surface area contributed by atoms with Crippen LogP contribution in [-0.2, 0) is 21.4 Å². The Morgan fingerprint density at radius 3 is 2.54 bits per heavy atom. The first kappa shape index (κ1) is 20.8. The van der Waals surface area contributed by atoms with Crippen molar-refractivity contribution in [2.24, 2.45) is 0 Å². The second kappa shape index (κ2) is 9.52. The summed E-state index contributed by atoms with van der Waals surface area (Å²) < 4.78 is 32.3. The number of rotatable bonds is 8. The number of hydrogen-bond acceptors (Lipinski definition) is 4. The van der Waals surface area contributed by atoms with E-state index in [-0.39, 0.29) is 15.5 Å². The molecule has 0 saturated carbocycles. The average molecular weight is 423 g/mol. The monoisotopic (exact) mass is 422 g/mol. The number of benzene rings is 2. The predicted octanol–water partition coefficient (Wildman–Crippen LogP) is 3.07. The second-order valence-corrected chi connectivity index (χ2v) is 8.89. The molecule has 1 aliphatic rings. The van der Waals surface area contributed by atoms with E-state index < -0.39 is 15.9 Å². The summed E-state index contributed by atoms with van der Waals surface area (Å²) in [6.07, 6.45) is 1.70. The number of halogens is 1. The lowest BCUT2D eigenvalue weighted by atomic mass is 10.2. The summed E-state index contributed by atoms with van der Waals surface area (Å²) in [4.78, 5) is 12.5. The predicted molar refractivity (Wildman–Crippen MR) is 108 cm³/mol. The first-order valence-corrected chi connectivity index (χ1v) is 11.0. The van der Waals surface area contributed by atoms with Crippen molar-refractivity contribution in [2.75, 3.05) is 26.2 Å². The van der Waals surface area contributed by atoms with Crippen LogP contribution < -0.4 is 5.32 Å². The zero-order valence-corrected chi connectivity index (χ0v) is 17.0. The molecule has 1 aliphatic heterocycles. The summed E-state index contributed by atoms with van der Waals surface area (Å²) in [6, 6.07) is 14.0. The van der Waals surface area contributed by atoms with Crippen molar-refractivity contribution in [2.45, 2.75) is 24.3 Å². The second-order valence-electron chi connectivity index (χ2n) is 6.55. The summed E-state index contributed by atoms with van der Waals surface area (Å²) in [6.45, 7) is 2.10. The minimum absolute atomic E-state index is 0.0873. The molecule has 1 N–H and O–H groups in total. The molecule has 3 rings (SSSR count). The molecule has 0 bridgehead atoms. The molecule has 0 aromatic heterocycles. The molecule has 2 aromatic rings. The Balaban J connectivity index is 1.57. The van der Waals surface area contributed by atoms with Crippen LogP contribution in [0.4, 0.5) is 0 Å². The molecule has 28 heavy (non-hydrogen) atoms. The molecule has 0 aliphatic carbocycles. The van der Waals surface area contributed by atoms with Gasteiger partial charge in [-0.2, -0.15) is 4.31 Å². The van der Waals surface area contributed by atoms with Crippen LogP contribution in [0, 0.1) is 0 Å². The van der Waals surface area contributed by atoms with E-state index in [1.807, 2.05) is 30.3 Å². The molecule has 1 saturated heterocycles. The maximum Gasteiger partial charge on any atom is 0.252 e. The highest BCUT2D eigenvalue weighted by molar-refractivity contribution is 7.89. The fourth-order valence-corrected chi connectivity index (χ4v) is 4.76. The molecule has 150 valence electrons. The normalized spacial score (nSPS) is 14.9. The zero-order chi connectivity index (χ0) is 20.0. The van der Waals surface area contributed by atoms with Crippen molar-refractivity contribution in [3.63, 3.8) is 0 Å². The van der Waals surface area contributed by atoms with E-state index in [1.165, 1.54) is 22.5 Å². The summed E-state index contributed by atoms with van der Waals surface area (Å²) in [5.74, 6) is -0.424. The third-order valence-corrected chi connectivity index (χ3v) is 6.75. The summed E-state index contributed by atoms with van der Waals surface area (Å²) in [5.41, 5.74) is 1.20. The van der Waals surface area contributed by atoms with Gasteiger partial charge < -0.3 is 10.1 Å². The topological polar surface area (TPSA) is 75.7 Å². The molecule has 8 heteroatoms. The highest BCUT2D eigenvalue weighted by Crippen LogP contribution is 2.25. The Bertz CT molecular complexity index is 913. The van der Waals surface area contributed by atoms with Crippen molar-refractivity contribution in [3.05, 3.63) is 64.7 Å². The lowest BCUT2D eigenvalue weighted by molar-refractivity contribution is 0.0901.